The topological polar surface area (TPSA) is 8.17 Å². The molecule has 0 N–H and O–H groups in total. The monoisotopic (exact) mass is 358 g/mol. The first-order chi connectivity index (χ1) is 13.3. The summed E-state index contributed by atoms with van der Waals surface area (Å²) < 4.78 is 2.40. The van der Waals surface area contributed by atoms with Crippen LogP contribution >= 0.6 is 0 Å². The second-order valence-corrected chi connectivity index (χ2v) is 8.56. The number of rotatable bonds is 3. The van der Waals surface area contributed by atoms with Gasteiger partial charge in [-0.1, -0.05) is 48.7 Å². The number of fused-ring (bicyclic) bond motifs is 1. The first-order valence-corrected chi connectivity index (χ1v) is 10.7. The Morgan fingerprint density at radius 1 is 0.815 bits per heavy atom. The third-order valence-electron chi connectivity index (χ3n) is 6.87. The van der Waals surface area contributed by atoms with Gasteiger partial charge >= 0.3 is 0 Å². The predicted molar refractivity (Wildman–Crippen MR) is 114 cm³/mol. The summed E-state index contributed by atoms with van der Waals surface area (Å²) >= 11 is 0. The maximum Gasteiger partial charge on any atom is 0.0531 e. The number of aryl methyl sites for hydroxylation is 1. The van der Waals surface area contributed by atoms with E-state index in [1.165, 1.54) is 73.8 Å². The van der Waals surface area contributed by atoms with Crippen molar-refractivity contribution in [3.8, 4) is 5.69 Å². The Morgan fingerprint density at radius 3 is 2.26 bits per heavy atom. The van der Waals surface area contributed by atoms with Crippen LogP contribution in [0.2, 0.25) is 0 Å². The standard InChI is InChI=1S/C25H30N2/c1-19-10-12-22(13-11-19)27-18-24(23-8-4-5-9-25(23)27)20-14-16-26(17-15-20)21-6-2-3-7-21/h4-5,8-13,18,20-21H,2-3,6-7,14-17H2,1H3. The summed E-state index contributed by atoms with van der Waals surface area (Å²) in [7, 11) is 0. The fraction of sp³-hybridized carbons (Fsp3) is 0.440. The molecule has 1 saturated carbocycles. The van der Waals surface area contributed by atoms with Gasteiger partial charge in [-0.2, -0.15) is 0 Å². The van der Waals surface area contributed by atoms with E-state index in [9.17, 15) is 0 Å². The summed E-state index contributed by atoms with van der Waals surface area (Å²) in [6.45, 7) is 4.71. The van der Waals surface area contributed by atoms with Crippen molar-refractivity contribution in [1.82, 2.24) is 9.47 Å². The second kappa shape index (κ2) is 7.16. The smallest absolute Gasteiger partial charge is 0.0531 e. The summed E-state index contributed by atoms with van der Waals surface area (Å²) in [6.07, 6.45) is 10.8. The van der Waals surface area contributed by atoms with Crippen molar-refractivity contribution >= 4 is 10.9 Å². The molecule has 140 valence electrons. The van der Waals surface area contributed by atoms with Crippen LogP contribution in [0.5, 0.6) is 0 Å². The van der Waals surface area contributed by atoms with Crippen molar-refractivity contribution in [3.05, 3.63) is 65.9 Å². The molecule has 0 bridgehead atoms. The summed E-state index contributed by atoms with van der Waals surface area (Å²) in [5.41, 5.74) is 5.48. The molecule has 0 amide bonds. The molecule has 0 unspecified atom stereocenters. The SMILES string of the molecule is Cc1ccc(-n2cc(C3CCN(C4CCCC4)CC3)c3ccccc32)cc1. The molecule has 2 nitrogen and oxygen atoms in total. The van der Waals surface area contributed by atoms with Crippen molar-refractivity contribution in [2.45, 2.75) is 57.4 Å². The van der Waals surface area contributed by atoms with Crippen LogP contribution in [0.15, 0.2) is 54.7 Å². The summed E-state index contributed by atoms with van der Waals surface area (Å²) in [6, 6.07) is 18.7. The minimum absolute atomic E-state index is 0.694. The van der Waals surface area contributed by atoms with Crippen LogP contribution in [-0.4, -0.2) is 28.6 Å². The van der Waals surface area contributed by atoms with E-state index in [1.807, 2.05) is 0 Å². The van der Waals surface area contributed by atoms with Gasteiger partial charge in [-0.05, 0) is 75.4 Å². The molecule has 0 radical (unpaired) electrons. The highest BCUT2D eigenvalue weighted by atomic mass is 15.2. The Balaban J connectivity index is 1.44. The largest absolute Gasteiger partial charge is 0.316 e. The zero-order valence-electron chi connectivity index (χ0n) is 16.4. The number of hydrogen-bond acceptors (Lipinski definition) is 1. The highest BCUT2D eigenvalue weighted by Gasteiger charge is 2.29. The fourth-order valence-electron chi connectivity index (χ4n) is 5.30. The van der Waals surface area contributed by atoms with E-state index in [2.05, 4.69) is 71.1 Å². The Labute approximate surface area is 162 Å². The van der Waals surface area contributed by atoms with Crippen molar-refractivity contribution < 1.29 is 0 Å². The van der Waals surface area contributed by atoms with Crippen LogP contribution in [-0.2, 0) is 0 Å². The molecule has 2 fully saturated rings. The van der Waals surface area contributed by atoms with Gasteiger partial charge in [-0.15, -0.1) is 0 Å². The van der Waals surface area contributed by atoms with Gasteiger partial charge in [0.2, 0.25) is 0 Å². The van der Waals surface area contributed by atoms with E-state index in [-0.39, 0.29) is 0 Å². The molecule has 1 saturated heterocycles. The maximum absolute atomic E-state index is 2.78. The molecule has 0 spiro atoms. The van der Waals surface area contributed by atoms with Gasteiger partial charge in [-0.25, -0.2) is 0 Å². The van der Waals surface area contributed by atoms with Crippen molar-refractivity contribution in [2.24, 2.45) is 0 Å². The van der Waals surface area contributed by atoms with Gasteiger partial charge in [0.25, 0.3) is 0 Å². The first kappa shape index (κ1) is 17.1. The quantitative estimate of drug-likeness (QED) is 0.552. The number of aromatic nitrogens is 1. The van der Waals surface area contributed by atoms with E-state index >= 15 is 0 Å². The van der Waals surface area contributed by atoms with Gasteiger partial charge in [0, 0.05) is 23.3 Å². The van der Waals surface area contributed by atoms with E-state index in [1.54, 1.807) is 5.56 Å². The summed E-state index contributed by atoms with van der Waals surface area (Å²) in [5, 5.41) is 1.44. The average Bonchev–Trinajstić information content (AvgIpc) is 3.37. The fourth-order valence-corrected chi connectivity index (χ4v) is 5.30. The molecule has 2 heterocycles. The second-order valence-electron chi connectivity index (χ2n) is 8.56. The minimum atomic E-state index is 0.694. The van der Waals surface area contributed by atoms with Crippen LogP contribution in [0.25, 0.3) is 16.6 Å². The van der Waals surface area contributed by atoms with Crippen LogP contribution in [0.1, 0.15) is 55.6 Å². The number of piperidine rings is 1. The van der Waals surface area contributed by atoms with Crippen molar-refractivity contribution in [2.75, 3.05) is 13.1 Å². The Bertz CT molecular complexity index is 907. The van der Waals surface area contributed by atoms with Gasteiger partial charge < -0.3 is 9.47 Å². The highest BCUT2D eigenvalue weighted by Crippen LogP contribution is 2.37. The molecular formula is C25H30N2. The zero-order valence-corrected chi connectivity index (χ0v) is 16.4. The lowest BCUT2D eigenvalue weighted by Gasteiger charge is -2.36. The molecule has 1 aliphatic heterocycles. The Kier molecular flexibility index (Phi) is 4.53. The highest BCUT2D eigenvalue weighted by molar-refractivity contribution is 5.86. The third kappa shape index (κ3) is 3.21. The zero-order chi connectivity index (χ0) is 18.2. The average molecular weight is 359 g/mol. The molecule has 3 aromatic rings. The first-order valence-electron chi connectivity index (χ1n) is 10.7. The molecule has 5 rings (SSSR count). The molecule has 2 aromatic carbocycles. The lowest BCUT2D eigenvalue weighted by Crippen LogP contribution is -2.39. The number of hydrogen-bond donors (Lipinski definition) is 0. The molecule has 27 heavy (non-hydrogen) atoms. The Morgan fingerprint density at radius 2 is 1.52 bits per heavy atom. The molecule has 0 atom stereocenters. The van der Waals surface area contributed by atoms with E-state index in [4.69, 9.17) is 0 Å². The normalized spacial score (nSPS) is 19.9. The molecule has 1 aromatic heterocycles. The van der Waals surface area contributed by atoms with Crippen molar-refractivity contribution in [1.29, 1.82) is 0 Å². The number of likely N-dealkylation sites (tertiary alicyclic amines) is 1. The summed E-state index contributed by atoms with van der Waals surface area (Å²) in [5.74, 6) is 0.694. The molecular weight excluding hydrogens is 328 g/mol. The predicted octanol–water partition coefficient (Wildman–Crippen LogP) is 6.06. The van der Waals surface area contributed by atoms with Gasteiger partial charge in [0.1, 0.15) is 0 Å². The summed E-state index contributed by atoms with van der Waals surface area (Å²) in [4.78, 5) is 2.78. The minimum Gasteiger partial charge on any atom is -0.316 e. The number of benzene rings is 2. The molecule has 2 aliphatic rings. The maximum atomic E-state index is 2.78. The van der Waals surface area contributed by atoms with E-state index < -0.39 is 0 Å². The van der Waals surface area contributed by atoms with E-state index in [0.29, 0.717) is 5.92 Å². The lowest BCUT2D eigenvalue weighted by molar-refractivity contribution is 0.154. The van der Waals surface area contributed by atoms with Crippen LogP contribution in [0.4, 0.5) is 0 Å². The number of para-hydroxylation sites is 1. The van der Waals surface area contributed by atoms with Crippen molar-refractivity contribution in [3.63, 3.8) is 0 Å². The van der Waals surface area contributed by atoms with Crippen LogP contribution < -0.4 is 0 Å². The van der Waals surface area contributed by atoms with Gasteiger partial charge in [0.15, 0.2) is 0 Å². The van der Waals surface area contributed by atoms with E-state index in [0.717, 1.165) is 6.04 Å². The van der Waals surface area contributed by atoms with Crippen LogP contribution in [0, 0.1) is 6.92 Å². The number of nitrogens with zero attached hydrogens (tertiary/aromatic N) is 2. The van der Waals surface area contributed by atoms with Gasteiger partial charge in [0.05, 0.1) is 5.52 Å². The molecule has 1 aliphatic carbocycles. The Hall–Kier alpha value is -2.06. The lowest BCUT2D eigenvalue weighted by atomic mass is 9.88. The van der Waals surface area contributed by atoms with Crippen LogP contribution in [0.3, 0.4) is 0 Å². The third-order valence-corrected chi connectivity index (χ3v) is 6.87. The molecule has 2 heteroatoms. The van der Waals surface area contributed by atoms with Gasteiger partial charge in [-0.3, -0.25) is 0 Å².